The lowest BCUT2D eigenvalue weighted by atomic mass is 10.1. The molecule has 2 aromatic rings. The average Bonchev–Trinajstić information content (AvgIpc) is 2.93. The largest absolute Gasteiger partial charge is 0.395 e. The summed E-state index contributed by atoms with van der Waals surface area (Å²) in [7, 11) is 0. The number of nitrogens with zero attached hydrogens (tertiary/aromatic N) is 2. The zero-order chi connectivity index (χ0) is 15.9. The van der Waals surface area contributed by atoms with Crippen LogP contribution < -0.4 is 0 Å². The first-order valence-electron chi connectivity index (χ1n) is 7.47. The van der Waals surface area contributed by atoms with Crippen LogP contribution in [0.3, 0.4) is 0 Å². The second-order valence-electron chi connectivity index (χ2n) is 5.22. The number of aromatic nitrogens is 2. The summed E-state index contributed by atoms with van der Waals surface area (Å²) in [5.41, 5.74) is 0.984. The maximum absolute atomic E-state index is 13.9. The molecule has 1 aromatic carbocycles. The van der Waals surface area contributed by atoms with E-state index in [1.165, 1.54) is 18.2 Å². The molecule has 0 radical (unpaired) electrons. The third-order valence-corrected chi connectivity index (χ3v) is 3.57. The highest BCUT2D eigenvalue weighted by molar-refractivity contribution is 5.64. The molecular weight excluding hydrogens is 288 g/mol. The Morgan fingerprint density at radius 3 is 2.59 bits per heavy atom. The molecule has 2 rings (SSSR count). The average molecular weight is 309 g/mol. The Labute approximate surface area is 128 Å². The van der Waals surface area contributed by atoms with Crippen molar-refractivity contribution in [3.8, 4) is 11.3 Å². The van der Waals surface area contributed by atoms with Gasteiger partial charge in [0, 0.05) is 18.7 Å². The van der Waals surface area contributed by atoms with E-state index >= 15 is 0 Å². The van der Waals surface area contributed by atoms with E-state index in [0.29, 0.717) is 24.3 Å². The summed E-state index contributed by atoms with van der Waals surface area (Å²) in [6.07, 6.45) is 3.63. The van der Waals surface area contributed by atoms with E-state index in [0.717, 1.165) is 19.4 Å². The standard InChI is InChI=1S/C16H21F2N3O/c1-2-3-7-21(8-9-22)11-12-10-19-20-16(12)15-13(17)5-4-6-14(15)18/h4-6,10,22H,2-3,7-9,11H2,1H3,(H,19,20). The summed E-state index contributed by atoms with van der Waals surface area (Å²) < 4.78 is 27.9. The van der Waals surface area contributed by atoms with Gasteiger partial charge in [0.25, 0.3) is 0 Å². The summed E-state index contributed by atoms with van der Waals surface area (Å²) >= 11 is 0. The fourth-order valence-corrected chi connectivity index (χ4v) is 2.42. The van der Waals surface area contributed by atoms with Crippen LogP contribution >= 0.6 is 0 Å². The van der Waals surface area contributed by atoms with Crippen molar-refractivity contribution in [2.75, 3.05) is 19.7 Å². The van der Waals surface area contributed by atoms with Gasteiger partial charge in [0.1, 0.15) is 11.6 Å². The lowest BCUT2D eigenvalue weighted by Gasteiger charge is -2.21. The van der Waals surface area contributed by atoms with Crippen molar-refractivity contribution in [3.63, 3.8) is 0 Å². The van der Waals surface area contributed by atoms with E-state index in [1.54, 1.807) is 6.20 Å². The van der Waals surface area contributed by atoms with E-state index in [9.17, 15) is 8.78 Å². The molecule has 0 atom stereocenters. The summed E-state index contributed by atoms with van der Waals surface area (Å²) in [6, 6.07) is 3.79. The van der Waals surface area contributed by atoms with Crippen molar-refractivity contribution in [1.29, 1.82) is 0 Å². The van der Waals surface area contributed by atoms with E-state index in [4.69, 9.17) is 5.11 Å². The Hall–Kier alpha value is -1.79. The monoisotopic (exact) mass is 309 g/mol. The second kappa shape index (κ2) is 8.00. The smallest absolute Gasteiger partial charge is 0.135 e. The van der Waals surface area contributed by atoms with Crippen molar-refractivity contribution < 1.29 is 13.9 Å². The highest BCUT2D eigenvalue weighted by Gasteiger charge is 2.18. The zero-order valence-corrected chi connectivity index (χ0v) is 12.6. The van der Waals surface area contributed by atoms with Crippen LogP contribution in [0, 0.1) is 11.6 Å². The molecule has 22 heavy (non-hydrogen) atoms. The minimum Gasteiger partial charge on any atom is -0.395 e. The number of hydrogen-bond acceptors (Lipinski definition) is 3. The molecular formula is C16H21F2N3O. The van der Waals surface area contributed by atoms with Crippen LogP contribution in [0.25, 0.3) is 11.3 Å². The number of aliphatic hydroxyl groups is 1. The number of H-pyrrole nitrogens is 1. The molecule has 0 bridgehead atoms. The normalized spacial score (nSPS) is 11.3. The second-order valence-corrected chi connectivity index (χ2v) is 5.22. The molecule has 0 unspecified atom stereocenters. The van der Waals surface area contributed by atoms with Gasteiger partial charge in [-0.05, 0) is 25.1 Å². The number of rotatable bonds is 8. The van der Waals surface area contributed by atoms with E-state index in [2.05, 4.69) is 22.0 Å². The first-order chi connectivity index (χ1) is 10.7. The van der Waals surface area contributed by atoms with Gasteiger partial charge in [-0.25, -0.2) is 8.78 Å². The van der Waals surface area contributed by atoms with Gasteiger partial charge in [0.2, 0.25) is 0 Å². The summed E-state index contributed by atoms with van der Waals surface area (Å²) in [5, 5.41) is 15.8. The van der Waals surface area contributed by atoms with Crippen molar-refractivity contribution in [2.24, 2.45) is 0 Å². The number of halogens is 2. The molecule has 0 spiro atoms. The SMILES string of the molecule is CCCCN(CCO)Cc1cn[nH]c1-c1c(F)cccc1F. The maximum Gasteiger partial charge on any atom is 0.135 e. The molecule has 0 saturated carbocycles. The van der Waals surface area contributed by atoms with Gasteiger partial charge in [-0.2, -0.15) is 5.10 Å². The van der Waals surface area contributed by atoms with E-state index < -0.39 is 11.6 Å². The van der Waals surface area contributed by atoms with Gasteiger partial charge in [-0.1, -0.05) is 19.4 Å². The zero-order valence-electron chi connectivity index (χ0n) is 12.6. The molecule has 0 aliphatic heterocycles. The molecule has 2 N–H and O–H groups in total. The fraction of sp³-hybridized carbons (Fsp3) is 0.438. The highest BCUT2D eigenvalue weighted by atomic mass is 19.1. The lowest BCUT2D eigenvalue weighted by molar-refractivity contribution is 0.188. The quantitative estimate of drug-likeness (QED) is 0.788. The van der Waals surface area contributed by atoms with Gasteiger partial charge in [-0.15, -0.1) is 0 Å². The molecule has 6 heteroatoms. The number of nitrogens with one attached hydrogen (secondary N) is 1. The van der Waals surface area contributed by atoms with Gasteiger partial charge in [0.15, 0.2) is 0 Å². The van der Waals surface area contributed by atoms with Gasteiger partial charge in [0.05, 0.1) is 24.1 Å². The van der Waals surface area contributed by atoms with Crippen molar-refractivity contribution in [2.45, 2.75) is 26.3 Å². The van der Waals surface area contributed by atoms with Gasteiger partial charge < -0.3 is 5.11 Å². The summed E-state index contributed by atoms with van der Waals surface area (Å²) in [4.78, 5) is 2.05. The topological polar surface area (TPSA) is 52.1 Å². The molecule has 0 aliphatic rings. The van der Waals surface area contributed by atoms with Gasteiger partial charge >= 0.3 is 0 Å². The van der Waals surface area contributed by atoms with Crippen LogP contribution in [0.1, 0.15) is 25.3 Å². The Morgan fingerprint density at radius 1 is 1.23 bits per heavy atom. The molecule has 1 aromatic heterocycles. The number of benzene rings is 1. The van der Waals surface area contributed by atoms with Crippen LogP contribution in [0.2, 0.25) is 0 Å². The Kier molecular flexibility index (Phi) is 6.03. The summed E-state index contributed by atoms with van der Waals surface area (Å²) in [5.74, 6) is -1.24. The van der Waals surface area contributed by atoms with Crippen LogP contribution in [-0.4, -0.2) is 39.9 Å². The Bertz CT molecular complexity index is 581. The Balaban J connectivity index is 2.25. The molecule has 0 amide bonds. The third kappa shape index (κ3) is 3.90. The van der Waals surface area contributed by atoms with Crippen LogP contribution in [0.5, 0.6) is 0 Å². The molecule has 0 saturated heterocycles. The number of aromatic amines is 1. The third-order valence-electron chi connectivity index (χ3n) is 3.57. The van der Waals surface area contributed by atoms with Crippen molar-refractivity contribution in [3.05, 3.63) is 41.6 Å². The Morgan fingerprint density at radius 2 is 1.95 bits per heavy atom. The van der Waals surface area contributed by atoms with Gasteiger partial charge in [-0.3, -0.25) is 10.00 Å². The van der Waals surface area contributed by atoms with Crippen molar-refractivity contribution in [1.82, 2.24) is 15.1 Å². The highest BCUT2D eigenvalue weighted by Crippen LogP contribution is 2.27. The predicted octanol–water partition coefficient (Wildman–Crippen LogP) is 2.95. The van der Waals surface area contributed by atoms with Crippen LogP contribution in [0.15, 0.2) is 24.4 Å². The van der Waals surface area contributed by atoms with E-state index in [1.807, 2.05) is 0 Å². The molecule has 1 heterocycles. The minimum absolute atomic E-state index is 0.0466. The molecule has 0 fully saturated rings. The lowest BCUT2D eigenvalue weighted by Crippen LogP contribution is -2.27. The first-order valence-corrected chi connectivity index (χ1v) is 7.47. The summed E-state index contributed by atoms with van der Waals surface area (Å²) in [6.45, 7) is 3.96. The number of aliphatic hydroxyl groups excluding tert-OH is 1. The van der Waals surface area contributed by atoms with E-state index in [-0.39, 0.29) is 12.2 Å². The van der Waals surface area contributed by atoms with Crippen LogP contribution in [0.4, 0.5) is 8.78 Å². The minimum atomic E-state index is -0.618. The molecule has 4 nitrogen and oxygen atoms in total. The van der Waals surface area contributed by atoms with Crippen LogP contribution in [-0.2, 0) is 6.54 Å². The predicted molar refractivity (Wildman–Crippen MR) is 81.2 cm³/mol. The number of unbranched alkanes of at least 4 members (excludes halogenated alkanes) is 1. The number of hydrogen-bond donors (Lipinski definition) is 2. The fourth-order valence-electron chi connectivity index (χ4n) is 2.42. The molecule has 0 aliphatic carbocycles. The van der Waals surface area contributed by atoms with Crippen molar-refractivity contribution >= 4 is 0 Å². The molecule has 120 valence electrons. The maximum atomic E-state index is 13.9. The first kappa shape index (κ1) is 16.6.